The summed E-state index contributed by atoms with van der Waals surface area (Å²) in [6.45, 7) is 1.64. The van der Waals surface area contributed by atoms with E-state index in [2.05, 4.69) is 5.32 Å². The van der Waals surface area contributed by atoms with Crippen molar-refractivity contribution in [3.8, 4) is 0 Å². The summed E-state index contributed by atoms with van der Waals surface area (Å²) >= 11 is 0. The molecule has 1 N–H and O–H groups in total. The SMILES string of the molecule is CNC(=O)[C@H](Cc1ccccc1)N(Cc1ccccc1)C(=O)CN(C)S(=O)(=O)c1ccc(C)cc1. The van der Waals surface area contributed by atoms with Crippen LogP contribution in [0.15, 0.2) is 89.8 Å². The highest BCUT2D eigenvalue weighted by molar-refractivity contribution is 7.89. The molecule has 0 aromatic heterocycles. The monoisotopic (exact) mass is 493 g/mol. The minimum atomic E-state index is -3.88. The molecule has 35 heavy (non-hydrogen) atoms. The number of sulfonamides is 1. The molecule has 0 saturated carbocycles. The van der Waals surface area contributed by atoms with Crippen LogP contribution in [0.25, 0.3) is 0 Å². The van der Waals surface area contributed by atoms with Gasteiger partial charge in [-0.1, -0.05) is 78.4 Å². The zero-order valence-corrected chi connectivity index (χ0v) is 21.0. The van der Waals surface area contributed by atoms with E-state index in [1.165, 1.54) is 31.1 Å². The topological polar surface area (TPSA) is 86.8 Å². The Morgan fingerprint density at radius 1 is 0.857 bits per heavy atom. The molecule has 0 aliphatic carbocycles. The summed E-state index contributed by atoms with van der Waals surface area (Å²) in [4.78, 5) is 28.1. The van der Waals surface area contributed by atoms with Crippen molar-refractivity contribution in [2.45, 2.75) is 30.8 Å². The number of aryl methyl sites for hydroxylation is 1. The van der Waals surface area contributed by atoms with Gasteiger partial charge in [0.25, 0.3) is 0 Å². The fraction of sp³-hybridized carbons (Fsp3) is 0.259. The van der Waals surface area contributed by atoms with Gasteiger partial charge in [0.2, 0.25) is 21.8 Å². The highest BCUT2D eigenvalue weighted by Crippen LogP contribution is 2.18. The van der Waals surface area contributed by atoms with E-state index >= 15 is 0 Å². The van der Waals surface area contributed by atoms with Gasteiger partial charge >= 0.3 is 0 Å². The molecule has 0 aliphatic heterocycles. The number of benzene rings is 3. The van der Waals surface area contributed by atoms with E-state index in [1.807, 2.05) is 67.6 Å². The van der Waals surface area contributed by atoms with Crippen LogP contribution in [0, 0.1) is 6.92 Å². The average Bonchev–Trinajstić information content (AvgIpc) is 2.87. The summed E-state index contributed by atoms with van der Waals surface area (Å²) in [6.07, 6.45) is 0.299. The first-order valence-electron chi connectivity index (χ1n) is 11.3. The van der Waals surface area contributed by atoms with Gasteiger partial charge in [-0.3, -0.25) is 9.59 Å². The zero-order chi connectivity index (χ0) is 25.4. The van der Waals surface area contributed by atoms with Crippen molar-refractivity contribution in [2.75, 3.05) is 20.6 Å². The molecule has 7 nitrogen and oxygen atoms in total. The number of hydrogen-bond donors (Lipinski definition) is 1. The van der Waals surface area contributed by atoms with Crippen molar-refractivity contribution in [3.05, 3.63) is 102 Å². The van der Waals surface area contributed by atoms with Crippen LogP contribution in [0.3, 0.4) is 0 Å². The van der Waals surface area contributed by atoms with Crippen LogP contribution < -0.4 is 5.32 Å². The Hall–Kier alpha value is -3.49. The van der Waals surface area contributed by atoms with Gasteiger partial charge in [-0.25, -0.2) is 8.42 Å². The molecule has 0 spiro atoms. The third-order valence-corrected chi connectivity index (χ3v) is 7.62. The maximum absolute atomic E-state index is 13.6. The summed E-state index contributed by atoms with van der Waals surface area (Å²) < 4.78 is 27.2. The van der Waals surface area contributed by atoms with Gasteiger partial charge in [-0.05, 0) is 30.2 Å². The van der Waals surface area contributed by atoms with Gasteiger partial charge in [0.05, 0.1) is 11.4 Å². The molecular formula is C27H31N3O4S. The Morgan fingerprint density at radius 3 is 1.94 bits per heavy atom. The standard InChI is InChI=1S/C27H31N3O4S/c1-21-14-16-24(17-15-21)35(33,34)29(3)20-26(31)30(19-23-12-8-5-9-13-23)25(27(32)28-2)18-22-10-6-4-7-11-22/h4-17,25H,18-20H2,1-3H3,(H,28,32)/t25-/m0/s1. The second-order valence-electron chi connectivity index (χ2n) is 8.40. The lowest BCUT2D eigenvalue weighted by Crippen LogP contribution is -2.52. The number of hydrogen-bond acceptors (Lipinski definition) is 4. The predicted octanol–water partition coefficient (Wildman–Crippen LogP) is 3.00. The molecule has 0 unspecified atom stereocenters. The first-order valence-corrected chi connectivity index (χ1v) is 12.8. The molecule has 0 fully saturated rings. The second-order valence-corrected chi connectivity index (χ2v) is 10.4. The Morgan fingerprint density at radius 2 is 1.40 bits per heavy atom. The molecule has 0 radical (unpaired) electrons. The van der Waals surface area contributed by atoms with Crippen molar-refractivity contribution < 1.29 is 18.0 Å². The minimum Gasteiger partial charge on any atom is -0.357 e. The molecule has 3 rings (SSSR count). The molecule has 0 aliphatic rings. The third-order valence-electron chi connectivity index (χ3n) is 5.80. The highest BCUT2D eigenvalue weighted by atomic mass is 32.2. The van der Waals surface area contributed by atoms with Gasteiger partial charge in [0.15, 0.2) is 0 Å². The average molecular weight is 494 g/mol. The van der Waals surface area contributed by atoms with Crippen molar-refractivity contribution in [2.24, 2.45) is 0 Å². The maximum atomic E-state index is 13.6. The number of nitrogens with one attached hydrogen (secondary N) is 1. The van der Waals surface area contributed by atoms with Crippen molar-refractivity contribution in [1.82, 2.24) is 14.5 Å². The fourth-order valence-electron chi connectivity index (χ4n) is 3.76. The lowest BCUT2D eigenvalue weighted by atomic mass is 10.0. The van der Waals surface area contributed by atoms with Gasteiger partial charge in [0, 0.05) is 27.1 Å². The van der Waals surface area contributed by atoms with Gasteiger partial charge < -0.3 is 10.2 Å². The highest BCUT2D eigenvalue weighted by Gasteiger charge is 2.32. The van der Waals surface area contributed by atoms with E-state index < -0.39 is 28.5 Å². The third kappa shape index (κ3) is 6.77. The molecule has 0 bridgehead atoms. The van der Waals surface area contributed by atoms with Crippen LogP contribution >= 0.6 is 0 Å². The summed E-state index contributed by atoms with van der Waals surface area (Å²) in [6, 6.07) is 24.4. The molecule has 3 aromatic rings. The van der Waals surface area contributed by atoms with Crippen LogP contribution in [0.2, 0.25) is 0 Å². The first kappa shape index (κ1) is 26.1. The van der Waals surface area contributed by atoms with E-state index in [0.717, 1.165) is 21.0 Å². The van der Waals surface area contributed by atoms with Crippen LogP contribution in [-0.2, 0) is 32.6 Å². The largest absolute Gasteiger partial charge is 0.357 e. The number of nitrogens with zero attached hydrogens (tertiary/aromatic N) is 2. The molecule has 3 aromatic carbocycles. The number of carbonyl (C=O) groups excluding carboxylic acids is 2. The van der Waals surface area contributed by atoms with Crippen molar-refractivity contribution in [3.63, 3.8) is 0 Å². The zero-order valence-electron chi connectivity index (χ0n) is 20.2. The number of amides is 2. The molecule has 184 valence electrons. The number of rotatable bonds is 10. The fourth-order valence-corrected chi connectivity index (χ4v) is 4.88. The summed E-state index contributed by atoms with van der Waals surface area (Å²) in [5, 5.41) is 2.66. The molecule has 2 amide bonds. The normalized spacial score (nSPS) is 12.2. The van der Waals surface area contributed by atoms with Gasteiger partial charge in [0.1, 0.15) is 6.04 Å². The molecular weight excluding hydrogens is 462 g/mol. The summed E-state index contributed by atoms with van der Waals surface area (Å²) in [5.74, 6) is -0.779. The minimum absolute atomic E-state index is 0.111. The van der Waals surface area contributed by atoms with Crippen LogP contribution in [0.1, 0.15) is 16.7 Å². The Kier molecular flexibility index (Phi) is 8.78. The number of likely N-dealkylation sites (N-methyl/N-ethyl adjacent to an activating group) is 2. The van der Waals surface area contributed by atoms with Crippen molar-refractivity contribution >= 4 is 21.8 Å². The van der Waals surface area contributed by atoms with Gasteiger partial charge in [-0.15, -0.1) is 0 Å². The Bertz CT molecular complexity index is 1230. The number of carbonyl (C=O) groups is 2. The van der Waals surface area contributed by atoms with Crippen LogP contribution in [0.4, 0.5) is 0 Å². The van der Waals surface area contributed by atoms with E-state index in [9.17, 15) is 18.0 Å². The summed E-state index contributed by atoms with van der Waals surface area (Å²) in [7, 11) is -0.980. The summed E-state index contributed by atoms with van der Waals surface area (Å²) in [5.41, 5.74) is 2.67. The van der Waals surface area contributed by atoms with E-state index in [0.29, 0.717) is 6.42 Å². The maximum Gasteiger partial charge on any atom is 0.243 e. The molecule has 1 atom stereocenters. The predicted molar refractivity (Wildman–Crippen MR) is 136 cm³/mol. The molecule has 0 heterocycles. The van der Waals surface area contributed by atoms with E-state index in [4.69, 9.17) is 0 Å². The quantitative estimate of drug-likeness (QED) is 0.470. The Balaban J connectivity index is 1.91. The van der Waals surface area contributed by atoms with Crippen LogP contribution in [0.5, 0.6) is 0 Å². The smallest absolute Gasteiger partial charge is 0.243 e. The molecule has 0 saturated heterocycles. The van der Waals surface area contributed by atoms with Gasteiger partial charge in [-0.2, -0.15) is 4.31 Å². The lowest BCUT2D eigenvalue weighted by Gasteiger charge is -2.32. The van der Waals surface area contributed by atoms with E-state index in [-0.39, 0.29) is 17.3 Å². The second kappa shape index (κ2) is 11.8. The van der Waals surface area contributed by atoms with Crippen LogP contribution in [-0.4, -0.2) is 56.1 Å². The lowest BCUT2D eigenvalue weighted by molar-refractivity contribution is -0.141. The van der Waals surface area contributed by atoms with E-state index in [1.54, 1.807) is 12.1 Å². The molecule has 8 heteroatoms. The first-order chi connectivity index (χ1) is 16.7. The van der Waals surface area contributed by atoms with Crippen molar-refractivity contribution in [1.29, 1.82) is 0 Å². The Labute approximate surface area is 207 Å².